The second-order valence-corrected chi connectivity index (χ2v) is 12.2. The van der Waals surface area contributed by atoms with Gasteiger partial charge in [-0.2, -0.15) is 8.42 Å². The van der Waals surface area contributed by atoms with Crippen LogP contribution in [0.2, 0.25) is 0 Å². The molecule has 2 aliphatic rings. The van der Waals surface area contributed by atoms with Gasteiger partial charge in [0.15, 0.2) is 6.10 Å². The average Bonchev–Trinajstić information content (AvgIpc) is 3.32. The first kappa shape index (κ1) is 37.3. The molecule has 1 saturated heterocycles. The first-order valence-electron chi connectivity index (χ1n) is 14.5. The lowest BCUT2D eigenvalue weighted by Gasteiger charge is -2.38. The van der Waals surface area contributed by atoms with Crippen molar-refractivity contribution in [3.63, 3.8) is 0 Å². The number of carbonyl (C=O) groups is 5. The van der Waals surface area contributed by atoms with Crippen molar-refractivity contribution in [2.75, 3.05) is 25.4 Å². The summed E-state index contributed by atoms with van der Waals surface area (Å²) < 4.78 is 48.3. The van der Waals surface area contributed by atoms with E-state index in [2.05, 4.69) is 10.6 Å². The highest BCUT2D eigenvalue weighted by Gasteiger charge is 2.48. The van der Waals surface area contributed by atoms with Crippen molar-refractivity contribution >= 4 is 39.7 Å². The number of unbranched alkanes of at least 4 members (excludes halogenated alkanes) is 2. The third-order valence-electron chi connectivity index (χ3n) is 6.97. The minimum Gasteiger partial charge on any atom is -0.493 e. The van der Waals surface area contributed by atoms with Gasteiger partial charge in [-0.15, -0.1) is 0 Å². The van der Waals surface area contributed by atoms with Crippen LogP contribution in [-0.4, -0.2) is 130 Å². The number of nitrogens with zero attached hydrogens (tertiary/aromatic N) is 1. The molecule has 0 bridgehead atoms. The van der Waals surface area contributed by atoms with Gasteiger partial charge in [-0.3, -0.25) is 28.6 Å². The SMILES string of the molecule is O=C(CCCCCN1C(=O)C=CC1=O)N[C@@H](CS(=O)(=O)O)C(=O)NCCCOc1cccc(O[C@@H]2O[C@H](C(=O)O)[C@@H](O)[C@H](O)[C@H]2O)c1. The van der Waals surface area contributed by atoms with Gasteiger partial charge in [-0.05, 0) is 31.4 Å². The van der Waals surface area contributed by atoms with Crippen LogP contribution in [0.5, 0.6) is 11.5 Å². The summed E-state index contributed by atoms with van der Waals surface area (Å²) in [5.74, 6) is -4.59. The molecule has 0 aromatic heterocycles. The number of carboxylic acids is 1. The summed E-state index contributed by atoms with van der Waals surface area (Å²) in [6.07, 6.45) is -5.19. The van der Waals surface area contributed by atoms with Crippen LogP contribution in [0.15, 0.2) is 36.4 Å². The van der Waals surface area contributed by atoms with Crippen LogP contribution in [-0.2, 0) is 38.8 Å². The van der Waals surface area contributed by atoms with Gasteiger partial charge in [0.2, 0.25) is 18.1 Å². The first-order valence-corrected chi connectivity index (χ1v) is 16.1. The number of aliphatic carboxylic acids is 1. The topological polar surface area (TPSA) is 276 Å². The molecule has 2 heterocycles. The molecule has 4 amide bonds. The maximum atomic E-state index is 12.6. The predicted octanol–water partition coefficient (Wildman–Crippen LogP) is -2.30. The minimum atomic E-state index is -4.63. The zero-order valence-electron chi connectivity index (χ0n) is 25.0. The lowest BCUT2D eigenvalue weighted by molar-refractivity contribution is -0.271. The van der Waals surface area contributed by atoms with Crippen molar-refractivity contribution < 1.29 is 71.6 Å². The van der Waals surface area contributed by atoms with Crippen molar-refractivity contribution in [2.24, 2.45) is 0 Å². The van der Waals surface area contributed by atoms with E-state index in [-0.39, 0.29) is 44.0 Å². The Bertz CT molecular complexity index is 1420. The van der Waals surface area contributed by atoms with E-state index in [4.69, 9.17) is 19.3 Å². The third-order valence-corrected chi connectivity index (χ3v) is 7.73. The second-order valence-electron chi connectivity index (χ2n) is 10.7. The molecule has 1 fully saturated rings. The number of carboxylic acid groups (broad SMARTS) is 1. The van der Waals surface area contributed by atoms with Gasteiger partial charge in [-0.1, -0.05) is 12.5 Å². The maximum absolute atomic E-state index is 12.6. The summed E-state index contributed by atoms with van der Waals surface area (Å²) >= 11 is 0. The standard InChI is InChI=1S/C28H37N3O15S/c32-19(8-2-1-3-12-31-20(33)9-10-21(31)34)30-18(15-47(41,42)43)26(38)29-11-5-13-44-16-6-4-7-17(14-16)45-28-24(37)22(35)23(36)25(46-28)27(39)40/h4,6-7,9-10,14,18,22-25,28,35-37H,1-3,5,8,11-13,15H2,(H,29,38)(H,30,32)(H,39,40)(H,41,42,43)/t18-,22-,23-,24+,25-,28+/m0/s1. The van der Waals surface area contributed by atoms with E-state index in [1.807, 2.05) is 0 Å². The van der Waals surface area contributed by atoms with Crippen molar-refractivity contribution in [1.29, 1.82) is 0 Å². The molecular formula is C28H37N3O15S. The molecular weight excluding hydrogens is 650 g/mol. The molecule has 0 saturated carbocycles. The highest BCUT2D eigenvalue weighted by atomic mass is 32.2. The van der Waals surface area contributed by atoms with Crippen LogP contribution in [0.1, 0.15) is 32.1 Å². The van der Waals surface area contributed by atoms with Crippen LogP contribution in [0.25, 0.3) is 0 Å². The summed E-state index contributed by atoms with van der Waals surface area (Å²) in [4.78, 5) is 60.4. The summed E-state index contributed by atoms with van der Waals surface area (Å²) in [5.41, 5.74) is 0. The number of hydrogen-bond acceptors (Lipinski definition) is 13. The van der Waals surface area contributed by atoms with E-state index in [1.165, 1.54) is 30.4 Å². The smallest absolute Gasteiger partial charge is 0.335 e. The number of amides is 4. The lowest BCUT2D eigenvalue weighted by atomic mass is 9.99. The maximum Gasteiger partial charge on any atom is 0.335 e. The molecule has 47 heavy (non-hydrogen) atoms. The second kappa shape index (κ2) is 17.1. The Morgan fingerprint density at radius 3 is 2.30 bits per heavy atom. The van der Waals surface area contributed by atoms with E-state index in [0.29, 0.717) is 19.3 Å². The highest BCUT2D eigenvalue weighted by Crippen LogP contribution is 2.26. The third kappa shape index (κ3) is 11.6. The Morgan fingerprint density at radius 1 is 0.957 bits per heavy atom. The molecule has 0 spiro atoms. The molecule has 1 aromatic rings. The summed E-state index contributed by atoms with van der Waals surface area (Å²) in [6, 6.07) is 4.30. The van der Waals surface area contributed by atoms with Crippen molar-refractivity contribution in [1.82, 2.24) is 15.5 Å². The van der Waals surface area contributed by atoms with E-state index < -0.39 is 82.2 Å². The van der Waals surface area contributed by atoms with Gasteiger partial charge in [0, 0.05) is 37.7 Å². The molecule has 260 valence electrons. The zero-order chi connectivity index (χ0) is 34.7. The molecule has 1 aromatic carbocycles. The number of aliphatic hydroxyl groups is 3. The lowest BCUT2D eigenvalue weighted by Crippen LogP contribution is -2.61. The molecule has 6 atom stereocenters. The zero-order valence-corrected chi connectivity index (χ0v) is 25.8. The van der Waals surface area contributed by atoms with E-state index in [1.54, 1.807) is 6.07 Å². The fourth-order valence-electron chi connectivity index (χ4n) is 4.56. The van der Waals surface area contributed by atoms with E-state index in [9.17, 15) is 52.3 Å². The van der Waals surface area contributed by atoms with Gasteiger partial charge in [0.1, 0.15) is 41.6 Å². The van der Waals surface area contributed by atoms with E-state index >= 15 is 0 Å². The van der Waals surface area contributed by atoms with Crippen LogP contribution >= 0.6 is 0 Å². The summed E-state index contributed by atoms with van der Waals surface area (Å²) in [7, 11) is -4.63. The van der Waals surface area contributed by atoms with Crippen LogP contribution in [0.3, 0.4) is 0 Å². The first-order chi connectivity index (χ1) is 22.2. The van der Waals surface area contributed by atoms with Crippen molar-refractivity contribution in [3.05, 3.63) is 36.4 Å². The number of ether oxygens (including phenoxy) is 3. The fourth-order valence-corrected chi connectivity index (χ4v) is 5.22. The Kier molecular flexibility index (Phi) is 13.6. The molecule has 3 rings (SSSR count). The normalized spacial score (nSPS) is 23.3. The number of rotatable bonds is 18. The summed E-state index contributed by atoms with van der Waals surface area (Å²) in [6.45, 7) is 0.223. The van der Waals surface area contributed by atoms with Gasteiger partial charge < -0.3 is 45.3 Å². The molecule has 19 heteroatoms. The monoisotopic (exact) mass is 687 g/mol. The van der Waals surface area contributed by atoms with Crippen molar-refractivity contribution in [3.8, 4) is 11.5 Å². The number of benzene rings is 1. The number of imide groups is 1. The molecule has 0 radical (unpaired) electrons. The molecule has 7 N–H and O–H groups in total. The summed E-state index contributed by atoms with van der Waals surface area (Å²) in [5, 5.41) is 43.8. The Labute approximate surface area is 269 Å². The van der Waals surface area contributed by atoms with Gasteiger partial charge in [0.05, 0.1) is 6.61 Å². The average molecular weight is 688 g/mol. The van der Waals surface area contributed by atoms with E-state index in [0.717, 1.165) is 4.90 Å². The van der Waals surface area contributed by atoms with Crippen LogP contribution < -0.4 is 20.1 Å². The Balaban J connectivity index is 1.40. The molecule has 0 unspecified atom stereocenters. The van der Waals surface area contributed by atoms with Crippen molar-refractivity contribution in [2.45, 2.75) is 68.9 Å². The quantitative estimate of drug-likeness (QED) is 0.0486. The molecule has 18 nitrogen and oxygen atoms in total. The van der Waals surface area contributed by atoms with Gasteiger partial charge >= 0.3 is 5.97 Å². The Hall–Kier alpha value is -4.14. The number of nitrogens with one attached hydrogen (secondary N) is 2. The number of carbonyl (C=O) groups excluding carboxylic acids is 4. The predicted molar refractivity (Wildman–Crippen MR) is 157 cm³/mol. The Morgan fingerprint density at radius 2 is 1.64 bits per heavy atom. The van der Waals surface area contributed by atoms with Crippen LogP contribution in [0.4, 0.5) is 0 Å². The number of aliphatic hydroxyl groups excluding tert-OH is 3. The highest BCUT2D eigenvalue weighted by molar-refractivity contribution is 7.85. The fraction of sp³-hybridized carbons (Fsp3) is 0.536. The largest absolute Gasteiger partial charge is 0.493 e. The minimum absolute atomic E-state index is 0.00539. The van der Waals surface area contributed by atoms with Gasteiger partial charge in [0.25, 0.3) is 21.9 Å². The van der Waals surface area contributed by atoms with Gasteiger partial charge in [-0.25, -0.2) is 4.79 Å². The molecule has 2 aliphatic heterocycles. The van der Waals surface area contributed by atoms with Crippen LogP contribution in [0, 0.1) is 0 Å². The number of hydrogen-bond donors (Lipinski definition) is 7. The molecule has 0 aliphatic carbocycles.